The lowest BCUT2D eigenvalue weighted by molar-refractivity contribution is 0.125. The van der Waals surface area contributed by atoms with Crippen molar-refractivity contribution in [3.05, 3.63) is 107 Å². The Balaban J connectivity index is 2.26. The number of aliphatic hydroxyl groups is 1. The van der Waals surface area contributed by atoms with Gasteiger partial charge in [-0.3, -0.25) is 0 Å². The molecule has 0 unspecified atom stereocenters. The summed E-state index contributed by atoms with van der Waals surface area (Å²) in [6.07, 6.45) is 0. The first kappa shape index (κ1) is 14.1. The first-order valence-corrected chi connectivity index (χ1v) is 7.09. The summed E-state index contributed by atoms with van der Waals surface area (Å²) in [5.41, 5.74) is 1.48. The molecule has 0 heterocycles. The fourth-order valence-corrected chi connectivity index (χ4v) is 2.67. The van der Waals surface area contributed by atoms with Crippen LogP contribution in [0.25, 0.3) is 0 Å². The maximum atomic E-state index is 11.5. The molecule has 0 atom stereocenters. The highest BCUT2D eigenvalue weighted by Gasteiger charge is 2.33. The summed E-state index contributed by atoms with van der Waals surface area (Å²) >= 11 is 0. The fraction of sp³-hybridized carbons (Fsp3) is 0.0500. The van der Waals surface area contributed by atoms with E-state index in [1.807, 2.05) is 66.7 Å². The Bertz CT molecular complexity index is 764. The molecule has 0 aliphatic heterocycles. The molecule has 0 aliphatic rings. The molecule has 106 valence electrons. The van der Waals surface area contributed by atoms with E-state index in [1.54, 1.807) is 18.2 Å². The average molecular weight is 285 g/mol. The van der Waals surface area contributed by atoms with E-state index in [0.29, 0.717) is 11.1 Å². The zero-order valence-electron chi connectivity index (χ0n) is 12.0. The van der Waals surface area contributed by atoms with Crippen molar-refractivity contribution in [2.24, 2.45) is 0 Å². The Morgan fingerprint density at radius 2 is 1.18 bits per heavy atom. The second kappa shape index (κ2) is 5.85. The van der Waals surface area contributed by atoms with Crippen LogP contribution in [-0.4, -0.2) is 5.11 Å². The van der Waals surface area contributed by atoms with Crippen LogP contribution in [0.2, 0.25) is 0 Å². The van der Waals surface area contributed by atoms with Gasteiger partial charge in [0.15, 0.2) is 0 Å². The maximum absolute atomic E-state index is 11.5. The smallest absolute Gasteiger partial charge is 0.140 e. The summed E-state index contributed by atoms with van der Waals surface area (Å²) in [5.74, 6) is 0. The predicted molar refractivity (Wildman–Crippen MR) is 86.1 cm³/mol. The number of rotatable bonds is 3. The van der Waals surface area contributed by atoms with Crippen LogP contribution >= 0.6 is 0 Å². The quantitative estimate of drug-likeness (QED) is 0.743. The van der Waals surface area contributed by atoms with E-state index in [9.17, 15) is 5.11 Å². The molecule has 3 rings (SSSR count). The van der Waals surface area contributed by atoms with Gasteiger partial charge in [0.1, 0.15) is 5.60 Å². The van der Waals surface area contributed by atoms with E-state index in [1.165, 1.54) is 0 Å². The van der Waals surface area contributed by atoms with Crippen molar-refractivity contribution in [1.29, 1.82) is 5.26 Å². The molecule has 0 saturated heterocycles. The molecule has 1 N–H and O–H groups in total. The van der Waals surface area contributed by atoms with Crippen LogP contribution in [0.1, 0.15) is 22.3 Å². The molecule has 2 heteroatoms. The Kier molecular flexibility index (Phi) is 3.74. The molecule has 0 aromatic heterocycles. The third-order valence-corrected chi connectivity index (χ3v) is 3.79. The summed E-state index contributed by atoms with van der Waals surface area (Å²) in [7, 11) is 0. The minimum absolute atomic E-state index is 0.530. The molecule has 3 aromatic carbocycles. The molecule has 0 amide bonds. The zero-order valence-corrected chi connectivity index (χ0v) is 12.0. The van der Waals surface area contributed by atoms with Crippen molar-refractivity contribution in [3.63, 3.8) is 0 Å². The standard InChI is InChI=1S/C20H15NO/c21-15-16-8-7-13-19(14-16)20(22,17-9-3-1-4-10-17)18-11-5-2-6-12-18/h1-14,22H. The van der Waals surface area contributed by atoms with E-state index < -0.39 is 5.60 Å². The SMILES string of the molecule is N#Cc1cccc(C(O)(c2ccccc2)c2ccccc2)c1. The van der Waals surface area contributed by atoms with Crippen molar-refractivity contribution in [2.75, 3.05) is 0 Å². The minimum atomic E-state index is -1.28. The monoisotopic (exact) mass is 285 g/mol. The number of nitrogens with zero attached hydrogens (tertiary/aromatic N) is 1. The van der Waals surface area contributed by atoms with Crippen LogP contribution < -0.4 is 0 Å². The van der Waals surface area contributed by atoms with E-state index in [0.717, 1.165) is 11.1 Å². The number of hydrogen-bond donors (Lipinski definition) is 1. The highest BCUT2D eigenvalue weighted by atomic mass is 16.3. The van der Waals surface area contributed by atoms with Crippen molar-refractivity contribution >= 4 is 0 Å². The Hall–Kier alpha value is -2.89. The van der Waals surface area contributed by atoms with Gasteiger partial charge in [0.05, 0.1) is 11.6 Å². The van der Waals surface area contributed by atoms with Crippen LogP contribution in [0.5, 0.6) is 0 Å². The summed E-state index contributed by atoms with van der Waals surface area (Å²) in [6, 6.07) is 28.3. The van der Waals surface area contributed by atoms with E-state index >= 15 is 0 Å². The second-order valence-corrected chi connectivity index (χ2v) is 5.14. The number of nitriles is 1. The topological polar surface area (TPSA) is 44.0 Å². The van der Waals surface area contributed by atoms with E-state index in [-0.39, 0.29) is 0 Å². The molecule has 22 heavy (non-hydrogen) atoms. The van der Waals surface area contributed by atoms with Crippen LogP contribution in [0, 0.1) is 11.3 Å². The van der Waals surface area contributed by atoms with Gasteiger partial charge < -0.3 is 5.11 Å². The van der Waals surface area contributed by atoms with Gasteiger partial charge in [-0.05, 0) is 28.8 Å². The largest absolute Gasteiger partial charge is 0.376 e. The third kappa shape index (κ3) is 2.39. The van der Waals surface area contributed by atoms with Gasteiger partial charge in [0.25, 0.3) is 0 Å². The van der Waals surface area contributed by atoms with Crippen molar-refractivity contribution in [1.82, 2.24) is 0 Å². The van der Waals surface area contributed by atoms with Gasteiger partial charge in [-0.1, -0.05) is 72.8 Å². The first-order chi connectivity index (χ1) is 10.7. The van der Waals surface area contributed by atoms with Crippen LogP contribution in [0.15, 0.2) is 84.9 Å². The summed E-state index contributed by atoms with van der Waals surface area (Å²) < 4.78 is 0. The molecular formula is C20H15NO. The Morgan fingerprint density at radius 3 is 1.68 bits per heavy atom. The van der Waals surface area contributed by atoms with Gasteiger partial charge in [-0.25, -0.2) is 0 Å². The van der Waals surface area contributed by atoms with E-state index in [4.69, 9.17) is 5.26 Å². The molecule has 3 aromatic rings. The summed E-state index contributed by atoms with van der Waals surface area (Å²) in [6.45, 7) is 0. The lowest BCUT2D eigenvalue weighted by Gasteiger charge is -2.30. The minimum Gasteiger partial charge on any atom is -0.376 e. The molecular weight excluding hydrogens is 270 g/mol. The van der Waals surface area contributed by atoms with Gasteiger partial charge >= 0.3 is 0 Å². The molecule has 0 radical (unpaired) electrons. The molecule has 0 spiro atoms. The Labute approximate surface area is 129 Å². The summed E-state index contributed by atoms with van der Waals surface area (Å²) in [5, 5.41) is 20.7. The molecule has 0 aliphatic carbocycles. The predicted octanol–water partition coefficient (Wildman–Crippen LogP) is 3.84. The average Bonchev–Trinajstić information content (AvgIpc) is 2.62. The Morgan fingerprint density at radius 1 is 0.682 bits per heavy atom. The van der Waals surface area contributed by atoms with Crippen LogP contribution in [-0.2, 0) is 5.60 Å². The lowest BCUT2D eigenvalue weighted by Crippen LogP contribution is -2.28. The molecule has 0 fully saturated rings. The maximum Gasteiger partial charge on any atom is 0.140 e. The highest BCUT2D eigenvalue weighted by Crippen LogP contribution is 2.36. The van der Waals surface area contributed by atoms with Gasteiger partial charge in [0, 0.05) is 0 Å². The normalized spacial score (nSPS) is 10.9. The molecule has 0 bridgehead atoms. The highest BCUT2D eigenvalue weighted by molar-refractivity contribution is 5.49. The second-order valence-electron chi connectivity index (χ2n) is 5.14. The van der Waals surface area contributed by atoms with Crippen molar-refractivity contribution in [3.8, 4) is 6.07 Å². The first-order valence-electron chi connectivity index (χ1n) is 7.09. The van der Waals surface area contributed by atoms with Crippen molar-refractivity contribution in [2.45, 2.75) is 5.60 Å². The zero-order chi connectivity index (χ0) is 15.4. The number of benzene rings is 3. The van der Waals surface area contributed by atoms with Crippen molar-refractivity contribution < 1.29 is 5.11 Å². The number of hydrogen-bond acceptors (Lipinski definition) is 2. The van der Waals surface area contributed by atoms with E-state index in [2.05, 4.69) is 6.07 Å². The molecule has 2 nitrogen and oxygen atoms in total. The third-order valence-electron chi connectivity index (χ3n) is 3.79. The molecule has 0 saturated carbocycles. The fourth-order valence-electron chi connectivity index (χ4n) is 2.67. The van der Waals surface area contributed by atoms with Gasteiger partial charge in [-0.2, -0.15) is 5.26 Å². The van der Waals surface area contributed by atoms with Crippen LogP contribution in [0.4, 0.5) is 0 Å². The lowest BCUT2D eigenvalue weighted by atomic mass is 9.80. The van der Waals surface area contributed by atoms with Gasteiger partial charge in [-0.15, -0.1) is 0 Å². The van der Waals surface area contributed by atoms with Crippen LogP contribution in [0.3, 0.4) is 0 Å². The van der Waals surface area contributed by atoms with Gasteiger partial charge in [0.2, 0.25) is 0 Å². The summed E-state index contributed by atoms with van der Waals surface area (Å²) in [4.78, 5) is 0.